The molecular weight excluding hydrogens is 240 g/mol. The summed E-state index contributed by atoms with van der Waals surface area (Å²) in [4.78, 5) is 0. The van der Waals surface area contributed by atoms with Gasteiger partial charge in [-0.25, -0.2) is 0 Å². The number of fused-ring (bicyclic) bond motifs is 3. The molecule has 0 radical (unpaired) electrons. The molecule has 1 aliphatic heterocycles. The largest absolute Gasteiger partial charge is 0.393 e. The quantitative estimate of drug-likeness (QED) is 0.734. The van der Waals surface area contributed by atoms with Crippen molar-refractivity contribution in [2.24, 2.45) is 28.6 Å². The van der Waals surface area contributed by atoms with E-state index in [4.69, 9.17) is 9.47 Å². The van der Waals surface area contributed by atoms with Crippen molar-refractivity contribution in [3.05, 3.63) is 0 Å². The van der Waals surface area contributed by atoms with Crippen LogP contribution >= 0.6 is 0 Å². The van der Waals surface area contributed by atoms with Crippen molar-refractivity contribution in [2.45, 2.75) is 52.6 Å². The molecule has 1 heterocycles. The van der Waals surface area contributed by atoms with E-state index in [0.717, 1.165) is 13.0 Å². The van der Waals surface area contributed by atoms with Crippen molar-refractivity contribution in [3.8, 4) is 0 Å². The molecule has 2 aliphatic carbocycles. The topological polar surface area (TPSA) is 38.7 Å². The highest BCUT2D eigenvalue weighted by Gasteiger charge is 2.57. The third kappa shape index (κ3) is 2.14. The first kappa shape index (κ1) is 13.8. The van der Waals surface area contributed by atoms with Gasteiger partial charge in [-0.15, -0.1) is 0 Å². The Labute approximate surface area is 116 Å². The second-order valence-electron chi connectivity index (χ2n) is 7.83. The zero-order valence-corrected chi connectivity index (χ0v) is 12.5. The van der Waals surface area contributed by atoms with Crippen LogP contribution in [0.3, 0.4) is 0 Å². The molecule has 3 fully saturated rings. The van der Waals surface area contributed by atoms with E-state index in [1.807, 2.05) is 0 Å². The highest BCUT2D eigenvalue weighted by atomic mass is 16.7. The summed E-state index contributed by atoms with van der Waals surface area (Å²) in [6.07, 6.45) is 4.59. The Kier molecular flexibility index (Phi) is 3.43. The van der Waals surface area contributed by atoms with Gasteiger partial charge in [-0.3, -0.25) is 0 Å². The molecule has 2 saturated carbocycles. The van der Waals surface area contributed by atoms with Crippen LogP contribution in [0.2, 0.25) is 0 Å². The van der Waals surface area contributed by atoms with Gasteiger partial charge in [-0.1, -0.05) is 27.2 Å². The molecule has 3 aliphatic rings. The van der Waals surface area contributed by atoms with Gasteiger partial charge in [0.2, 0.25) is 0 Å². The standard InChI is InChI=1S/C16H28O3/c1-15(2)5-4-6-16(3)12-9-19-10-18-8-11(12)13(17)7-14(15)16/h11-14,17H,4-10H2,1-3H3/t11-,12-,13+,14-,16+/m0/s1. The first-order valence-corrected chi connectivity index (χ1v) is 7.79. The van der Waals surface area contributed by atoms with E-state index in [-0.39, 0.29) is 12.0 Å². The molecule has 0 unspecified atom stereocenters. The van der Waals surface area contributed by atoms with Gasteiger partial charge in [0.15, 0.2) is 0 Å². The zero-order valence-electron chi connectivity index (χ0n) is 12.5. The van der Waals surface area contributed by atoms with Crippen LogP contribution in [0.15, 0.2) is 0 Å². The Morgan fingerprint density at radius 3 is 2.58 bits per heavy atom. The molecule has 110 valence electrons. The molecule has 3 rings (SSSR count). The highest BCUT2D eigenvalue weighted by molar-refractivity contribution is 5.06. The van der Waals surface area contributed by atoms with E-state index >= 15 is 0 Å². The maximum Gasteiger partial charge on any atom is 0.146 e. The predicted octanol–water partition coefficient (Wildman–Crippen LogP) is 2.82. The Balaban J connectivity index is 1.95. The van der Waals surface area contributed by atoms with Gasteiger partial charge in [0.1, 0.15) is 6.79 Å². The minimum atomic E-state index is -0.220. The van der Waals surface area contributed by atoms with Gasteiger partial charge >= 0.3 is 0 Å². The van der Waals surface area contributed by atoms with Gasteiger partial charge < -0.3 is 14.6 Å². The lowest BCUT2D eigenvalue weighted by Gasteiger charge is -2.60. The van der Waals surface area contributed by atoms with Crippen molar-refractivity contribution in [2.75, 3.05) is 20.0 Å². The third-order valence-electron chi connectivity index (χ3n) is 6.39. The number of ether oxygens (including phenoxy) is 2. The van der Waals surface area contributed by atoms with E-state index in [1.165, 1.54) is 19.3 Å². The summed E-state index contributed by atoms with van der Waals surface area (Å²) in [5.41, 5.74) is 0.644. The summed E-state index contributed by atoms with van der Waals surface area (Å²) >= 11 is 0. The van der Waals surface area contributed by atoms with Crippen molar-refractivity contribution in [3.63, 3.8) is 0 Å². The van der Waals surface area contributed by atoms with E-state index in [2.05, 4.69) is 20.8 Å². The van der Waals surface area contributed by atoms with Crippen LogP contribution in [0.1, 0.15) is 46.5 Å². The molecule has 19 heavy (non-hydrogen) atoms. The molecule has 5 atom stereocenters. The summed E-state index contributed by atoms with van der Waals surface area (Å²) in [5, 5.41) is 10.6. The van der Waals surface area contributed by atoms with E-state index < -0.39 is 0 Å². The van der Waals surface area contributed by atoms with E-state index in [9.17, 15) is 5.11 Å². The normalized spacial score (nSPS) is 49.9. The fourth-order valence-electron chi connectivity index (χ4n) is 5.33. The SMILES string of the molecule is CC1(C)CCC[C@]2(C)[C@H]3COCOC[C@@H]3[C@H](O)C[C@@H]12. The van der Waals surface area contributed by atoms with Crippen LogP contribution in [-0.4, -0.2) is 31.2 Å². The van der Waals surface area contributed by atoms with Crippen LogP contribution < -0.4 is 0 Å². The number of rotatable bonds is 0. The number of aliphatic hydroxyl groups excluding tert-OH is 1. The number of aliphatic hydroxyl groups is 1. The minimum absolute atomic E-state index is 0.220. The molecule has 0 bridgehead atoms. The van der Waals surface area contributed by atoms with Crippen LogP contribution in [-0.2, 0) is 9.47 Å². The molecule has 0 aromatic rings. The number of hydrogen-bond acceptors (Lipinski definition) is 3. The molecule has 0 aromatic heterocycles. The van der Waals surface area contributed by atoms with E-state index in [0.29, 0.717) is 36.1 Å². The summed E-state index contributed by atoms with van der Waals surface area (Å²) < 4.78 is 11.2. The highest BCUT2D eigenvalue weighted by Crippen LogP contribution is 2.61. The predicted molar refractivity (Wildman–Crippen MR) is 73.6 cm³/mol. The summed E-state index contributed by atoms with van der Waals surface area (Å²) in [5.74, 6) is 1.31. The Bertz CT molecular complexity index is 341. The maximum atomic E-state index is 10.6. The Morgan fingerprint density at radius 2 is 1.79 bits per heavy atom. The van der Waals surface area contributed by atoms with Crippen molar-refractivity contribution in [1.82, 2.24) is 0 Å². The molecule has 0 amide bonds. The summed E-state index contributed by atoms with van der Waals surface area (Å²) in [7, 11) is 0. The second kappa shape index (κ2) is 4.71. The van der Waals surface area contributed by atoms with Crippen LogP contribution in [0.25, 0.3) is 0 Å². The molecule has 0 spiro atoms. The number of hydrogen-bond donors (Lipinski definition) is 1. The van der Waals surface area contributed by atoms with E-state index in [1.54, 1.807) is 0 Å². The second-order valence-corrected chi connectivity index (χ2v) is 7.83. The Hall–Kier alpha value is -0.120. The monoisotopic (exact) mass is 268 g/mol. The molecule has 3 heteroatoms. The average Bonchev–Trinajstić information content (AvgIpc) is 2.58. The third-order valence-corrected chi connectivity index (χ3v) is 6.39. The zero-order chi connectivity index (χ0) is 13.7. The molecule has 1 saturated heterocycles. The summed E-state index contributed by atoms with van der Waals surface area (Å²) in [6, 6.07) is 0. The fraction of sp³-hybridized carbons (Fsp3) is 1.00. The molecular formula is C16H28O3. The van der Waals surface area contributed by atoms with Crippen molar-refractivity contribution < 1.29 is 14.6 Å². The lowest BCUT2D eigenvalue weighted by atomic mass is 9.46. The van der Waals surface area contributed by atoms with Gasteiger partial charge in [-0.2, -0.15) is 0 Å². The van der Waals surface area contributed by atoms with Crippen LogP contribution in [0.5, 0.6) is 0 Å². The van der Waals surface area contributed by atoms with Gasteiger partial charge in [0, 0.05) is 5.92 Å². The van der Waals surface area contributed by atoms with Crippen molar-refractivity contribution >= 4 is 0 Å². The van der Waals surface area contributed by atoms with Crippen LogP contribution in [0, 0.1) is 28.6 Å². The first-order chi connectivity index (χ1) is 8.95. The minimum Gasteiger partial charge on any atom is -0.393 e. The van der Waals surface area contributed by atoms with Gasteiger partial charge in [0.05, 0.1) is 19.3 Å². The van der Waals surface area contributed by atoms with Crippen molar-refractivity contribution in [1.29, 1.82) is 0 Å². The lowest BCUT2D eigenvalue weighted by Crippen LogP contribution is -2.57. The average molecular weight is 268 g/mol. The lowest BCUT2D eigenvalue weighted by molar-refractivity contribution is -0.153. The van der Waals surface area contributed by atoms with Gasteiger partial charge in [0.25, 0.3) is 0 Å². The smallest absolute Gasteiger partial charge is 0.146 e. The summed E-state index contributed by atoms with van der Waals surface area (Å²) in [6.45, 7) is 9.02. The molecule has 1 N–H and O–H groups in total. The molecule has 0 aromatic carbocycles. The van der Waals surface area contributed by atoms with Gasteiger partial charge in [-0.05, 0) is 41.9 Å². The van der Waals surface area contributed by atoms with Crippen LogP contribution in [0.4, 0.5) is 0 Å². The fourth-order valence-corrected chi connectivity index (χ4v) is 5.33. The Morgan fingerprint density at radius 1 is 1.05 bits per heavy atom. The maximum absolute atomic E-state index is 10.6. The molecule has 3 nitrogen and oxygen atoms in total. The first-order valence-electron chi connectivity index (χ1n) is 7.79.